The second-order valence-electron chi connectivity index (χ2n) is 8.44. The van der Waals surface area contributed by atoms with Gasteiger partial charge in [-0.1, -0.05) is 0 Å². The van der Waals surface area contributed by atoms with Crippen LogP contribution in [0.3, 0.4) is 0 Å². The molecule has 0 atom stereocenters. The Bertz CT molecular complexity index is 712. The number of rotatable bonds is 5. The number of hydrogen-bond acceptors (Lipinski definition) is 3. The first-order valence-electron chi connectivity index (χ1n) is 9.65. The van der Waals surface area contributed by atoms with E-state index in [-0.39, 0.29) is 23.7 Å². The van der Waals surface area contributed by atoms with Crippen LogP contribution in [0, 0.1) is 34.5 Å². The van der Waals surface area contributed by atoms with E-state index in [2.05, 4.69) is 10.6 Å². The highest BCUT2D eigenvalue weighted by Gasteiger charge is 2.54. The van der Waals surface area contributed by atoms with E-state index in [0.717, 1.165) is 37.0 Å². The quantitative estimate of drug-likeness (QED) is 0.854. The van der Waals surface area contributed by atoms with Crippen LogP contribution in [0.2, 0.25) is 0 Å². The molecular weight excluding hydrogens is 326 g/mol. The Labute approximate surface area is 154 Å². The average Bonchev–Trinajstić information content (AvgIpc) is 2.61. The number of anilines is 1. The van der Waals surface area contributed by atoms with Crippen LogP contribution in [0.5, 0.6) is 0 Å². The molecule has 136 valence electrons. The van der Waals surface area contributed by atoms with Crippen LogP contribution in [0.4, 0.5) is 5.69 Å². The summed E-state index contributed by atoms with van der Waals surface area (Å²) in [7, 11) is 0. The molecule has 4 saturated carbocycles. The van der Waals surface area contributed by atoms with Gasteiger partial charge in [0, 0.05) is 24.1 Å². The van der Waals surface area contributed by atoms with Crippen LogP contribution in [-0.4, -0.2) is 18.4 Å². The summed E-state index contributed by atoms with van der Waals surface area (Å²) < 4.78 is 0. The second-order valence-corrected chi connectivity index (χ2v) is 8.44. The predicted molar refractivity (Wildman–Crippen MR) is 98.0 cm³/mol. The van der Waals surface area contributed by atoms with Gasteiger partial charge in [-0.2, -0.15) is 5.26 Å². The maximum Gasteiger partial charge on any atom is 0.226 e. The maximum absolute atomic E-state index is 12.8. The van der Waals surface area contributed by atoms with E-state index in [9.17, 15) is 9.59 Å². The Morgan fingerprint density at radius 1 is 1.04 bits per heavy atom. The predicted octanol–water partition coefficient (Wildman–Crippen LogP) is 3.22. The normalized spacial score (nSPS) is 31.3. The van der Waals surface area contributed by atoms with Crippen molar-refractivity contribution in [3.63, 3.8) is 0 Å². The second kappa shape index (κ2) is 6.75. The molecule has 5 rings (SSSR count). The molecule has 5 heteroatoms. The summed E-state index contributed by atoms with van der Waals surface area (Å²) in [6, 6.07) is 8.82. The van der Waals surface area contributed by atoms with Gasteiger partial charge in [0.2, 0.25) is 11.8 Å². The van der Waals surface area contributed by atoms with Crippen molar-refractivity contribution in [2.45, 2.75) is 44.9 Å². The number of nitriles is 1. The molecule has 0 heterocycles. The van der Waals surface area contributed by atoms with E-state index < -0.39 is 0 Å². The molecule has 4 bridgehead atoms. The molecule has 4 fully saturated rings. The van der Waals surface area contributed by atoms with Crippen LogP contribution < -0.4 is 10.6 Å². The molecule has 4 aliphatic carbocycles. The van der Waals surface area contributed by atoms with E-state index in [0.29, 0.717) is 17.8 Å². The van der Waals surface area contributed by atoms with Gasteiger partial charge < -0.3 is 10.6 Å². The van der Waals surface area contributed by atoms with Gasteiger partial charge in [0.25, 0.3) is 0 Å². The number of carbonyl (C=O) groups is 2. The van der Waals surface area contributed by atoms with Gasteiger partial charge >= 0.3 is 0 Å². The monoisotopic (exact) mass is 351 g/mol. The number of nitrogens with one attached hydrogen (secondary N) is 2. The number of amides is 2. The largest absolute Gasteiger partial charge is 0.355 e. The van der Waals surface area contributed by atoms with Crippen LogP contribution in [0.25, 0.3) is 0 Å². The summed E-state index contributed by atoms with van der Waals surface area (Å²) in [5.41, 5.74) is 1.07. The molecule has 1 aromatic rings. The molecule has 0 saturated heterocycles. The van der Waals surface area contributed by atoms with Gasteiger partial charge in [-0.3, -0.25) is 9.59 Å². The van der Waals surface area contributed by atoms with Crippen LogP contribution in [0.15, 0.2) is 24.3 Å². The molecule has 0 unspecified atom stereocenters. The third-order valence-corrected chi connectivity index (χ3v) is 6.46. The number of hydrogen-bond donors (Lipinski definition) is 2. The molecule has 1 aromatic carbocycles. The van der Waals surface area contributed by atoms with Crippen molar-refractivity contribution in [1.29, 1.82) is 5.26 Å². The highest BCUT2D eigenvalue weighted by molar-refractivity contribution is 5.91. The summed E-state index contributed by atoms with van der Waals surface area (Å²) in [6.45, 7) is 0.378. The van der Waals surface area contributed by atoms with E-state index in [1.165, 1.54) is 19.3 Å². The lowest BCUT2D eigenvalue weighted by Gasteiger charge is -2.55. The molecule has 0 radical (unpaired) electrons. The average molecular weight is 351 g/mol. The zero-order chi connectivity index (χ0) is 18.1. The highest BCUT2D eigenvalue weighted by Crippen LogP contribution is 2.60. The zero-order valence-electron chi connectivity index (χ0n) is 15.0. The Morgan fingerprint density at radius 3 is 2.15 bits per heavy atom. The fourth-order valence-electron chi connectivity index (χ4n) is 5.72. The van der Waals surface area contributed by atoms with E-state index >= 15 is 0 Å². The van der Waals surface area contributed by atoms with Crippen molar-refractivity contribution < 1.29 is 9.59 Å². The van der Waals surface area contributed by atoms with Gasteiger partial charge in [-0.05, 0) is 80.5 Å². The Balaban J connectivity index is 1.26. The first kappa shape index (κ1) is 17.1. The van der Waals surface area contributed by atoms with Crippen molar-refractivity contribution in [1.82, 2.24) is 5.32 Å². The lowest BCUT2D eigenvalue weighted by atomic mass is 9.49. The molecule has 0 spiro atoms. The minimum absolute atomic E-state index is 0.125. The fourth-order valence-corrected chi connectivity index (χ4v) is 5.72. The maximum atomic E-state index is 12.8. The summed E-state index contributed by atoms with van der Waals surface area (Å²) in [4.78, 5) is 24.9. The zero-order valence-corrected chi connectivity index (χ0v) is 15.0. The molecule has 0 aliphatic heterocycles. The van der Waals surface area contributed by atoms with Gasteiger partial charge in [-0.25, -0.2) is 0 Å². The SMILES string of the molecule is N#Cc1ccc(NC(=O)CCNC(=O)C23CC4CC(CC(C4)C2)C3)cc1. The van der Waals surface area contributed by atoms with E-state index in [1.807, 2.05) is 6.07 Å². The number of nitrogens with zero attached hydrogens (tertiary/aromatic N) is 1. The summed E-state index contributed by atoms with van der Waals surface area (Å²) in [6.07, 6.45) is 7.35. The van der Waals surface area contributed by atoms with Crippen molar-refractivity contribution in [2.75, 3.05) is 11.9 Å². The summed E-state index contributed by atoms with van der Waals surface area (Å²) >= 11 is 0. The topological polar surface area (TPSA) is 82.0 Å². The van der Waals surface area contributed by atoms with Crippen LogP contribution in [0.1, 0.15) is 50.5 Å². The first-order chi connectivity index (χ1) is 12.6. The lowest BCUT2D eigenvalue weighted by molar-refractivity contribution is -0.146. The Kier molecular flexibility index (Phi) is 4.44. The number of carbonyl (C=O) groups excluding carboxylic acids is 2. The number of benzene rings is 1. The Hall–Kier alpha value is -2.35. The molecule has 2 N–H and O–H groups in total. The smallest absolute Gasteiger partial charge is 0.226 e. The fraction of sp³-hybridized carbons (Fsp3) is 0.571. The minimum atomic E-state index is -0.154. The highest BCUT2D eigenvalue weighted by atomic mass is 16.2. The molecular formula is C21H25N3O2. The van der Waals surface area contributed by atoms with E-state index in [1.54, 1.807) is 24.3 Å². The minimum Gasteiger partial charge on any atom is -0.355 e. The first-order valence-corrected chi connectivity index (χ1v) is 9.65. The van der Waals surface area contributed by atoms with Gasteiger partial charge in [0.05, 0.1) is 11.6 Å². The standard InChI is InChI=1S/C21H25N3O2/c22-13-14-1-3-18(4-2-14)24-19(25)5-6-23-20(26)21-10-15-7-16(11-21)9-17(8-15)12-21/h1-4,15-17H,5-12H2,(H,23,26)(H,24,25). The van der Waals surface area contributed by atoms with Gasteiger partial charge in [-0.15, -0.1) is 0 Å². The Morgan fingerprint density at radius 2 is 1.62 bits per heavy atom. The molecule has 5 nitrogen and oxygen atoms in total. The van der Waals surface area contributed by atoms with Crippen molar-refractivity contribution in [3.8, 4) is 6.07 Å². The van der Waals surface area contributed by atoms with Crippen molar-refractivity contribution in [2.24, 2.45) is 23.2 Å². The molecule has 4 aliphatic rings. The third-order valence-electron chi connectivity index (χ3n) is 6.46. The van der Waals surface area contributed by atoms with Crippen molar-refractivity contribution in [3.05, 3.63) is 29.8 Å². The summed E-state index contributed by atoms with van der Waals surface area (Å²) in [5, 5.41) is 14.6. The third kappa shape index (κ3) is 3.33. The molecule has 26 heavy (non-hydrogen) atoms. The van der Waals surface area contributed by atoms with Gasteiger partial charge in [0.1, 0.15) is 0 Å². The van der Waals surface area contributed by atoms with E-state index in [4.69, 9.17) is 5.26 Å². The van der Waals surface area contributed by atoms with Crippen LogP contribution >= 0.6 is 0 Å². The molecule has 0 aromatic heterocycles. The van der Waals surface area contributed by atoms with Crippen molar-refractivity contribution >= 4 is 17.5 Å². The van der Waals surface area contributed by atoms with Gasteiger partial charge in [0.15, 0.2) is 0 Å². The lowest BCUT2D eigenvalue weighted by Crippen LogP contribution is -2.53. The summed E-state index contributed by atoms with van der Waals surface area (Å²) in [5.74, 6) is 2.27. The van der Waals surface area contributed by atoms with Crippen LogP contribution in [-0.2, 0) is 9.59 Å². The molecule has 2 amide bonds.